The molecule has 1 aromatic carbocycles. The maximum Gasteiger partial charge on any atom is 0.140 e. The molecule has 4 rings (SSSR count). The van der Waals surface area contributed by atoms with Crippen LogP contribution < -0.4 is 4.74 Å². The molecule has 1 saturated carbocycles. The molecule has 2 aromatic rings. The Morgan fingerprint density at radius 3 is 2.50 bits per heavy atom. The van der Waals surface area contributed by atoms with Crippen LogP contribution in [-0.2, 0) is 0 Å². The van der Waals surface area contributed by atoms with Gasteiger partial charge in [0.05, 0.1) is 17.9 Å². The molecule has 2 unspecified atom stereocenters. The van der Waals surface area contributed by atoms with E-state index in [1.807, 2.05) is 19.1 Å². The van der Waals surface area contributed by atoms with E-state index in [-0.39, 0.29) is 11.9 Å². The Balaban J connectivity index is 1.29. The molecule has 0 spiro atoms. The zero-order chi connectivity index (χ0) is 18.1. The number of β-amino-alcohol motifs (C(OH)–C–C–N with tert-alkyl or cyclic N) is 1. The molecule has 2 N–H and O–H groups in total. The molecular formula is C21H26N2O3. The zero-order valence-electron chi connectivity index (χ0n) is 15.1. The van der Waals surface area contributed by atoms with Crippen molar-refractivity contribution in [1.82, 2.24) is 9.88 Å². The highest BCUT2D eigenvalue weighted by Gasteiger charge is 2.42. The Kier molecular flexibility index (Phi) is 4.83. The minimum atomic E-state index is -0.514. The quantitative estimate of drug-likeness (QED) is 0.864. The highest BCUT2D eigenvalue weighted by atomic mass is 16.5. The van der Waals surface area contributed by atoms with Crippen molar-refractivity contribution in [3.05, 3.63) is 53.9 Å². The minimum absolute atomic E-state index is 0.228. The molecular weight excluding hydrogens is 328 g/mol. The normalized spacial score (nSPS) is 26.6. The van der Waals surface area contributed by atoms with Crippen molar-refractivity contribution in [2.75, 3.05) is 19.6 Å². The number of aromatic hydroxyl groups is 1. The van der Waals surface area contributed by atoms with Gasteiger partial charge in [0.15, 0.2) is 0 Å². The van der Waals surface area contributed by atoms with Crippen LogP contribution in [-0.4, -0.2) is 45.8 Å². The van der Waals surface area contributed by atoms with E-state index in [4.69, 9.17) is 4.74 Å². The first-order valence-corrected chi connectivity index (χ1v) is 9.36. The Morgan fingerprint density at radius 1 is 1.15 bits per heavy atom. The number of pyridine rings is 1. The van der Waals surface area contributed by atoms with E-state index in [1.54, 1.807) is 30.5 Å². The lowest BCUT2D eigenvalue weighted by molar-refractivity contribution is 0.116. The highest BCUT2D eigenvalue weighted by molar-refractivity contribution is 5.27. The average molecular weight is 354 g/mol. The molecule has 138 valence electrons. The molecule has 1 aromatic heterocycles. The number of ether oxygens (including phenoxy) is 1. The van der Waals surface area contributed by atoms with E-state index >= 15 is 0 Å². The molecule has 1 aliphatic heterocycles. The third-order valence-corrected chi connectivity index (χ3v) is 5.74. The lowest BCUT2D eigenvalue weighted by Gasteiger charge is -2.22. The summed E-state index contributed by atoms with van der Waals surface area (Å²) in [7, 11) is 0. The third kappa shape index (κ3) is 3.69. The fourth-order valence-corrected chi connectivity index (χ4v) is 4.41. The smallest absolute Gasteiger partial charge is 0.140 e. The van der Waals surface area contributed by atoms with Crippen LogP contribution in [0.5, 0.6) is 11.5 Å². The Bertz CT molecular complexity index is 735. The molecule has 0 amide bonds. The van der Waals surface area contributed by atoms with Gasteiger partial charge in [-0.3, -0.25) is 9.88 Å². The molecule has 4 atom stereocenters. The highest BCUT2D eigenvalue weighted by Crippen LogP contribution is 2.40. The van der Waals surface area contributed by atoms with Crippen LogP contribution in [0.25, 0.3) is 0 Å². The van der Waals surface area contributed by atoms with Crippen LogP contribution in [0.1, 0.15) is 30.2 Å². The summed E-state index contributed by atoms with van der Waals surface area (Å²) in [4.78, 5) is 6.66. The van der Waals surface area contributed by atoms with Gasteiger partial charge in [0, 0.05) is 25.8 Å². The van der Waals surface area contributed by atoms with E-state index in [0.29, 0.717) is 18.4 Å². The summed E-state index contributed by atoms with van der Waals surface area (Å²) in [6.07, 6.45) is 3.70. The lowest BCUT2D eigenvalue weighted by atomic mass is 10.0. The fourth-order valence-electron chi connectivity index (χ4n) is 4.41. The van der Waals surface area contributed by atoms with Gasteiger partial charge < -0.3 is 14.9 Å². The number of benzene rings is 1. The van der Waals surface area contributed by atoms with Crippen molar-refractivity contribution in [2.24, 2.45) is 11.8 Å². The van der Waals surface area contributed by atoms with Gasteiger partial charge in [-0.15, -0.1) is 0 Å². The van der Waals surface area contributed by atoms with Gasteiger partial charge in [0.2, 0.25) is 0 Å². The molecule has 1 saturated heterocycles. The summed E-state index contributed by atoms with van der Waals surface area (Å²) in [5.74, 6) is 2.41. The number of hydrogen-bond acceptors (Lipinski definition) is 5. The summed E-state index contributed by atoms with van der Waals surface area (Å²) in [6.45, 7) is 4.67. The number of hydrogen-bond donors (Lipinski definition) is 2. The molecule has 2 fully saturated rings. The molecule has 1 aliphatic carbocycles. The monoisotopic (exact) mass is 354 g/mol. The summed E-state index contributed by atoms with van der Waals surface area (Å²) in [5, 5.41) is 19.8. The van der Waals surface area contributed by atoms with Crippen molar-refractivity contribution in [3.63, 3.8) is 0 Å². The predicted octanol–water partition coefficient (Wildman–Crippen LogP) is 2.92. The number of fused-ring (bicyclic) bond motifs is 1. The first-order valence-electron chi connectivity index (χ1n) is 9.36. The number of rotatable bonds is 5. The van der Waals surface area contributed by atoms with Crippen molar-refractivity contribution in [3.8, 4) is 11.5 Å². The number of likely N-dealkylation sites (tertiary alicyclic amines) is 1. The average Bonchev–Trinajstić information content (AvgIpc) is 3.15. The van der Waals surface area contributed by atoms with Crippen molar-refractivity contribution in [2.45, 2.75) is 32.0 Å². The van der Waals surface area contributed by atoms with Gasteiger partial charge in [-0.2, -0.15) is 0 Å². The number of aliphatic hydroxyl groups excluding tert-OH is 1. The van der Waals surface area contributed by atoms with Gasteiger partial charge >= 0.3 is 0 Å². The van der Waals surface area contributed by atoms with Gasteiger partial charge in [-0.05, 0) is 61.4 Å². The van der Waals surface area contributed by atoms with Crippen molar-refractivity contribution < 1.29 is 14.9 Å². The number of aryl methyl sites for hydroxylation is 1. The van der Waals surface area contributed by atoms with Crippen LogP contribution in [0.2, 0.25) is 0 Å². The molecule has 2 aliphatic rings. The van der Waals surface area contributed by atoms with Crippen LogP contribution in [0.4, 0.5) is 0 Å². The maximum atomic E-state index is 10.5. The molecule has 26 heavy (non-hydrogen) atoms. The van der Waals surface area contributed by atoms with Crippen LogP contribution in [0.15, 0.2) is 42.6 Å². The second-order valence-electron chi connectivity index (χ2n) is 7.64. The molecule has 5 nitrogen and oxygen atoms in total. The molecule has 0 radical (unpaired) electrons. The number of aromatic nitrogens is 1. The Hall–Kier alpha value is -2.11. The van der Waals surface area contributed by atoms with E-state index in [0.717, 1.165) is 42.9 Å². The summed E-state index contributed by atoms with van der Waals surface area (Å²) < 4.78 is 6.19. The number of phenolic OH excluding ortho intramolecular Hbond substituents is 1. The van der Waals surface area contributed by atoms with Gasteiger partial charge in [-0.1, -0.05) is 12.1 Å². The largest absolute Gasteiger partial charge is 0.508 e. The molecule has 2 heterocycles. The lowest BCUT2D eigenvalue weighted by Crippen LogP contribution is -2.29. The number of phenols is 1. The standard InChI is InChI=1S/C21H26N2O3/c1-14-21(3-2-8-22-14)26-19-9-16-11-23(12-17(16)10-19)13-20(25)15-4-6-18(24)7-5-15/h2-8,16-17,19-20,24-25H,9-13H2,1H3/t16-,17+,19?,20?. The summed E-state index contributed by atoms with van der Waals surface area (Å²) in [5.41, 5.74) is 1.80. The second kappa shape index (κ2) is 7.25. The third-order valence-electron chi connectivity index (χ3n) is 5.74. The van der Waals surface area contributed by atoms with Crippen molar-refractivity contribution >= 4 is 0 Å². The zero-order valence-corrected chi connectivity index (χ0v) is 15.1. The predicted molar refractivity (Wildman–Crippen MR) is 99.1 cm³/mol. The topological polar surface area (TPSA) is 65.8 Å². The van der Waals surface area contributed by atoms with Crippen molar-refractivity contribution in [1.29, 1.82) is 0 Å². The van der Waals surface area contributed by atoms with Crippen LogP contribution >= 0.6 is 0 Å². The van der Waals surface area contributed by atoms with Gasteiger partial charge in [-0.25, -0.2) is 0 Å². The van der Waals surface area contributed by atoms with E-state index in [1.165, 1.54) is 0 Å². The van der Waals surface area contributed by atoms with Crippen LogP contribution in [0, 0.1) is 18.8 Å². The van der Waals surface area contributed by atoms with E-state index in [2.05, 4.69) is 9.88 Å². The van der Waals surface area contributed by atoms with E-state index < -0.39 is 6.10 Å². The summed E-state index contributed by atoms with van der Waals surface area (Å²) >= 11 is 0. The van der Waals surface area contributed by atoms with Gasteiger partial charge in [0.1, 0.15) is 11.5 Å². The molecule has 5 heteroatoms. The maximum absolute atomic E-state index is 10.5. The second-order valence-corrected chi connectivity index (χ2v) is 7.64. The molecule has 0 bridgehead atoms. The minimum Gasteiger partial charge on any atom is -0.508 e. The Morgan fingerprint density at radius 2 is 1.85 bits per heavy atom. The van der Waals surface area contributed by atoms with E-state index in [9.17, 15) is 10.2 Å². The Labute approximate surface area is 154 Å². The summed E-state index contributed by atoms with van der Waals surface area (Å²) in [6, 6.07) is 10.7. The van der Waals surface area contributed by atoms with Gasteiger partial charge in [0.25, 0.3) is 0 Å². The number of nitrogens with zero attached hydrogens (tertiary/aromatic N) is 2. The van der Waals surface area contributed by atoms with Crippen LogP contribution in [0.3, 0.4) is 0 Å². The first kappa shape index (κ1) is 17.3. The fraction of sp³-hybridized carbons (Fsp3) is 0.476. The number of aliphatic hydroxyl groups is 1. The first-order chi connectivity index (χ1) is 12.6. The SMILES string of the molecule is Cc1ncccc1OC1C[C@@H]2CN(CC(O)c3ccc(O)cc3)C[C@@H]2C1.